The molecular formula is C24H26. The Labute approximate surface area is 146 Å². The van der Waals surface area contributed by atoms with Crippen molar-refractivity contribution >= 4 is 22.9 Å². The summed E-state index contributed by atoms with van der Waals surface area (Å²) in [6.45, 7) is 14.2. The van der Waals surface area contributed by atoms with Gasteiger partial charge in [-0.1, -0.05) is 113 Å². The van der Waals surface area contributed by atoms with Crippen LogP contribution in [0.3, 0.4) is 0 Å². The lowest BCUT2D eigenvalue weighted by Gasteiger charge is -2.21. The largest absolute Gasteiger partial charge is 0.0985 e. The minimum absolute atomic E-state index is 0.213. The Morgan fingerprint density at radius 2 is 1.21 bits per heavy atom. The van der Waals surface area contributed by atoms with Gasteiger partial charge in [-0.05, 0) is 32.9 Å². The second-order valence-electron chi connectivity index (χ2n) is 6.81. The number of benzene rings is 3. The van der Waals surface area contributed by atoms with Gasteiger partial charge in [-0.2, -0.15) is 0 Å². The summed E-state index contributed by atoms with van der Waals surface area (Å²) in [5.41, 5.74) is 4.02. The van der Waals surface area contributed by atoms with Crippen molar-refractivity contribution in [1.29, 1.82) is 0 Å². The highest BCUT2D eigenvalue weighted by atomic mass is 14.2. The van der Waals surface area contributed by atoms with E-state index in [2.05, 4.69) is 94.6 Å². The molecule has 0 radical (unpaired) electrons. The lowest BCUT2D eigenvalue weighted by atomic mass is 9.84. The lowest BCUT2D eigenvalue weighted by Crippen LogP contribution is -2.12. The maximum absolute atomic E-state index is 3.81. The van der Waals surface area contributed by atoms with Crippen molar-refractivity contribution in [3.8, 4) is 0 Å². The number of fused-ring (bicyclic) bond motifs is 1. The second kappa shape index (κ2) is 7.79. The smallest absolute Gasteiger partial charge is 0.0112 e. The molecule has 0 unspecified atom stereocenters. The normalized spacial score (nSPS) is 10.6. The average Bonchev–Trinajstić information content (AvgIpc) is 2.61. The molecule has 0 saturated carbocycles. The molecule has 0 atom stereocenters. The summed E-state index contributed by atoms with van der Waals surface area (Å²) in [6.07, 6.45) is 3.81. The van der Waals surface area contributed by atoms with Crippen LogP contribution < -0.4 is 0 Å². The Kier molecular flexibility index (Phi) is 5.76. The van der Waals surface area contributed by atoms with Crippen LogP contribution in [0.15, 0.2) is 79.9 Å². The summed E-state index contributed by atoms with van der Waals surface area (Å²) in [5.74, 6) is 0. The lowest BCUT2D eigenvalue weighted by molar-refractivity contribution is 0.589. The van der Waals surface area contributed by atoms with Crippen LogP contribution >= 0.6 is 0 Å². The molecule has 0 aliphatic rings. The van der Waals surface area contributed by atoms with Crippen LogP contribution in [0.2, 0.25) is 0 Å². The molecule has 0 amide bonds. The van der Waals surface area contributed by atoms with E-state index in [1.54, 1.807) is 0 Å². The highest BCUT2D eigenvalue weighted by Gasteiger charge is 2.15. The Hall–Kier alpha value is -2.60. The molecule has 0 aliphatic heterocycles. The highest BCUT2D eigenvalue weighted by molar-refractivity contribution is 5.90. The molecule has 3 aromatic carbocycles. The van der Waals surface area contributed by atoms with Crippen molar-refractivity contribution in [2.45, 2.75) is 26.2 Å². The van der Waals surface area contributed by atoms with E-state index >= 15 is 0 Å². The van der Waals surface area contributed by atoms with Gasteiger partial charge in [0.2, 0.25) is 0 Å². The minimum atomic E-state index is 0.213. The van der Waals surface area contributed by atoms with Crippen molar-refractivity contribution in [3.63, 3.8) is 0 Å². The SMILES string of the molecule is C=Cc1cccc2ccccc12.C=Cc1ccccc1C(C)(C)C. The molecule has 0 saturated heterocycles. The second-order valence-corrected chi connectivity index (χ2v) is 6.81. The first-order valence-corrected chi connectivity index (χ1v) is 8.29. The van der Waals surface area contributed by atoms with Crippen molar-refractivity contribution in [1.82, 2.24) is 0 Å². The van der Waals surface area contributed by atoms with Gasteiger partial charge in [-0.15, -0.1) is 0 Å². The topological polar surface area (TPSA) is 0 Å². The van der Waals surface area contributed by atoms with E-state index in [0.717, 1.165) is 0 Å². The van der Waals surface area contributed by atoms with Gasteiger partial charge in [-0.3, -0.25) is 0 Å². The van der Waals surface area contributed by atoms with Gasteiger partial charge >= 0.3 is 0 Å². The molecular weight excluding hydrogens is 288 g/mol. The van der Waals surface area contributed by atoms with Gasteiger partial charge in [0.05, 0.1) is 0 Å². The Bertz CT molecular complexity index is 827. The molecule has 0 spiro atoms. The van der Waals surface area contributed by atoms with Crippen LogP contribution in [0.1, 0.15) is 37.5 Å². The summed E-state index contributed by atoms with van der Waals surface area (Å²) in [7, 11) is 0. The number of hydrogen-bond donors (Lipinski definition) is 0. The average molecular weight is 314 g/mol. The zero-order chi connectivity index (χ0) is 17.6. The van der Waals surface area contributed by atoms with Crippen LogP contribution in [-0.4, -0.2) is 0 Å². The maximum Gasteiger partial charge on any atom is -0.0112 e. The first-order valence-electron chi connectivity index (χ1n) is 8.29. The molecule has 3 aromatic rings. The molecule has 0 aliphatic carbocycles. The molecule has 0 heteroatoms. The number of rotatable bonds is 2. The van der Waals surface area contributed by atoms with Gasteiger partial charge in [0.15, 0.2) is 0 Å². The van der Waals surface area contributed by atoms with Gasteiger partial charge in [0.1, 0.15) is 0 Å². The van der Waals surface area contributed by atoms with E-state index in [4.69, 9.17) is 0 Å². The summed E-state index contributed by atoms with van der Waals surface area (Å²) < 4.78 is 0. The summed E-state index contributed by atoms with van der Waals surface area (Å²) in [4.78, 5) is 0. The van der Waals surface area contributed by atoms with Crippen LogP contribution in [0.25, 0.3) is 22.9 Å². The maximum atomic E-state index is 3.81. The van der Waals surface area contributed by atoms with Gasteiger partial charge in [0, 0.05) is 0 Å². The first-order chi connectivity index (χ1) is 11.5. The monoisotopic (exact) mass is 314 g/mol. The molecule has 0 fully saturated rings. The van der Waals surface area contributed by atoms with E-state index in [9.17, 15) is 0 Å². The van der Waals surface area contributed by atoms with E-state index < -0.39 is 0 Å². The molecule has 0 heterocycles. The van der Waals surface area contributed by atoms with E-state index in [1.807, 2.05) is 18.2 Å². The molecule has 0 nitrogen and oxygen atoms in total. The summed E-state index contributed by atoms with van der Waals surface area (Å²) >= 11 is 0. The summed E-state index contributed by atoms with van der Waals surface area (Å²) in [5, 5.41) is 2.55. The van der Waals surface area contributed by atoms with E-state index in [1.165, 1.54) is 27.5 Å². The first kappa shape index (κ1) is 17.7. The van der Waals surface area contributed by atoms with Crippen LogP contribution in [0.4, 0.5) is 0 Å². The molecule has 0 N–H and O–H groups in total. The Balaban J connectivity index is 0.000000174. The van der Waals surface area contributed by atoms with Gasteiger partial charge in [-0.25, -0.2) is 0 Å². The predicted octanol–water partition coefficient (Wildman–Crippen LogP) is 7.11. The molecule has 122 valence electrons. The van der Waals surface area contributed by atoms with Crippen LogP contribution in [0, 0.1) is 0 Å². The van der Waals surface area contributed by atoms with Crippen molar-refractivity contribution < 1.29 is 0 Å². The third-order valence-electron chi connectivity index (χ3n) is 4.03. The van der Waals surface area contributed by atoms with Crippen molar-refractivity contribution in [3.05, 3.63) is 96.6 Å². The van der Waals surface area contributed by atoms with Gasteiger partial charge < -0.3 is 0 Å². The molecule has 24 heavy (non-hydrogen) atoms. The summed E-state index contributed by atoms with van der Waals surface area (Å²) in [6, 6.07) is 23.0. The highest BCUT2D eigenvalue weighted by Crippen LogP contribution is 2.26. The fourth-order valence-corrected chi connectivity index (χ4v) is 2.79. The van der Waals surface area contributed by atoms with Crippen molar-refractivity contribution in [2.75, 3.05) is 0 Å². The van der Waals surface area contributed by atoms with E-state index in [0.29, 0.717) is 0 Å². The zero-order valence-corrected chi connectivity index (χ0v) is 14.9. The number of hydrogen-bond acceptors (Lipinski definition) is 0. The zero-order valence-electron chi connectivity index (χ0n) is 14.9. The quantitative estimate of drug-likeness (QED) is 0.473. The molecule has 3 rings (SSSR count). The van der Waals surface area contributed by atoms with Crippen LogP contribution in [-0.2, 0) is 5.41 Å². The third kappa shape index (κ3) is 4.23. The fourth-order valence-electron chi connectivity index (χ4n) is 2.79. The standard InChI is InChI=1S/C12H10.C12H16/c1-2-10-7-5-8-11-6-3-4-9-12(10)11;1-5-10-8-6-7-9-11(10)12(2,3)4/h2-9H,1H2;5-9H,1H2,2-4H3. The third-order valence-corrected chi connectivity index (χ3v) is 4.03. The van der Waals surface area contributed by atoms with E-state index in [-0.39, 0.29) is 5.41 Å². The predicted molar refractivity (Wildman–Crippen MR) is 109 cm³/mol. The Morgan fingerprint density at radius 3 is 1.83 bits per heavy atom. The molecule has 0 aromatic heterocycles. The molecule has 0 bridgehead atoms. The van der Waals surface area contributed by atoms with Crippen molar-refractivity contribution in [2.24, 2.45) is 0 Å². The minimum Gasteiger partial charge on any atom is -0.0985 e. The van der Waals surface area contributed by atoms with Gasteiger partial charge in [0.25, 0.3) is 0 Å². The Morgan fingerprint density at radius 1 is 0.667 bits per heavy atom. The fraction of sp³-hybridized carbons (Fsp3) is 0.167. The van der Waals surface area contributed by atoms with Crippen LogP contribution in [0.5, 0.6) is 0 Å².